The summed E-state index contributed by atoms with van der Waals surface area (Å²) < 4.78 is 28.7. The lowest BCUT2D eigenvalue weighted by atomic mass is 9.95. The molecular formula is C31H36ClN3O4S. The molecule has 3 aromatic carbocycles. The number of halogens is 1. The molecule has 1 atom stereocenters. The van der Waals surface area contributed by atoms with E-state index < -0.39 is 28.5 Å². The maximum atomic E-state index is 14.0. The second-order valence-corrected chi connectivity index (χ2v) is 12.6. The second-order valence-electron chi connectivity index (χ2n) is 10.3. The van der Waals surface area contributed by atoms with Crippen LogP contribution in [-0.4, -0.2) is 43.8 Å². The Morgan fingerprint density at radius 3 is 2.20 bits per heavy atom. The summed E-state index contributed by atoms with van der Waals surface area (Å²) >= 11 is 6.44. The van der Waals surface area contributed by atoms with Crippen LogP contribution in [0.3, 0.4) is 0 Å². The van der Waals surface area contributed by atoms with E-state index in [9.17, 15) is 18.0 Å². The van der Waals surface area contributed by atoms with E-state index >= 15 is 0 Å². The first-order valence-electron chi connectivity index (χ1n) is 13.6. The van der Waals surface area contributed by atoms with Crippen LogP contribution in [0.15, 0.2) is 83.8 Å². The molecule has 7 nitrogen and oxygen atoms in total. The van der Waals surface area contributed by atoms with Crippen LogP contribution in [0.5, 0.6) is 0 Å². The minimum Gasteiger partial charge on any atom is -0.352 e. The van der Waals surface area contributed by atoms with Crippen molar-refractivity contribution in [2.45, 2.75) is 69.5 Å². The number of sulfonamides is 1. The molecule has 1 fully saturated rings. The maximum absolute atomic E-state index is 14.0. The Bertz CT molecular complexity index is 1410. The van der Waals surface area contributed by atoms with Gasteiger partial charge in [0.25, 0.3) is 10.0 Å². The van der Waals surface area contributed by atoms with Crippen molar-refractivity contribution in [2.75, 3.05) is 10.8 Å². The largest absolute Gasteiger partial charge is 0.352 e. The number of nitrogens with one attached hydrogen (secondary N) is 1. The topological polar surface area (TPSA) is 86.8 Å². The van der Waals surface area contributed by atoms with Gasteiger partial charge in [0.05, 0.1) is 10.6 Å². The van der Waals surface area contributed by atoms with Crippen molar-refractivity contribution < 1.29 is 18.0 Å². The highest BCUT2D eigenvalue weighted by atomic mass is 35.5. The SMILES string of the molecule is Cc1ccc(N(CC(=O)N(Cc2ccccc2Cl)[C@@H](C)C(=O)NC2CCCCC2)S(=O)(=O)c2ccccc2)cc1. The molecule has 1 N–H and O–H groups in total. The van der Waals surface area contributed by atoms with Crippen molar-refractivity contribution in [1.82, 2.24) is 10.2 Å². The number of anilines is 1. The first-order valence-corrected chi connectivity index (χ1v) is 15.5. The quantitative estimate of drug-likeness (QED) is 0.332. The zero-order chi connectivity index (χ0) is 28.7. The molecule has 212 valence electrons. The van der Waals surface area contributed by atoms with Gasteiger partial charge in [-0.15, -0.1) is 0 Å². The molecule has 0 heterocycles. The normalized spacial score (nSPS) is 14.8. The van der Waals surface area contributed by atoms with Crippen LogP contribution in [0.25, 0.3) is 0 Å². The van der Waals surface area contributed by atoms with Gasteiger partial charge in [-0.25, -0.2) is 8.42 Å². The molecule has 1 aliphatic carbocycles. The van der Waals surface area contributed by atoms with E-state index in [4.69, 9.17) is 11.6 Å². The zero-order valence-electron chi connectivity index (χ0n) is 22.9. The summed E-state index contributed by atoms with van der Waals surface area (Å²) in [4.78, 5) is 28.9. The van der Waals surface area contributed by atoms with Crippen molar-refractivity contribution in [3.05, 3.63) is 95.0 Å². The number of nitrogens with zero attached hydrogens (tertiary/aromatic N) is 2. The molecule has 0 bridgehead atoms. The number of benzene rings is 3. The van der Waals surface area contributed by atoms with Gasteiger partial charge in [0.2, 0.25) is 11.8 Å². The van der Waals surface area contributed by atoms with Crippen molar-refractivity contribution in [1.29, 1.82) is 0 Å². The highest BCUT2D eigenvalue weighted by Crippen LogP contribution is 2.26. The molecule has 3 aromatic rings. The molecule has 2 amide bonds. The molecule has 4 rings (SSSR count). The Hall–Kier alpha value is -3.36. The Labute approximate surface area is 242 Å². The Morgan fingerprint density at radius 1 is 0.925 bits per heavy atom. The van der Waals surface area contributed by atoms with Crippen LogP contribution in [0.2, 0.25) is 5.02 Å². The number of carbonyl (C=O) groups is 2. The van der Waals surface area contributed by atoms with Crippen LogP contribution in [0.4, 0.5) is 5.69 Å². The van der Waals surface area contributed by atoms with E-state index in [2.05, 4.69) is 5.32 Å². The summed E-state index contributed by atoms with van der Waals surface area (Å²) in [5.41, 5.74) is 1.99. The molecule has 0 aliphatic heterocycles. The number of carbonyl (C=O) groups excluding carboxylic acids is 2. The summed E-state index contributed by atoms with van der Waals surface area (Å²) in [6.07, 6.45) is 5.10. The standard InChI is InChI=1S/C31H36ClN3O4S/c1-23-17-19-27(20-18-23)35(40(38,39)28-14-7-4-8-15-28)22-30(36)34(21-25-11-9-10-16-29(25)32)24(2)31(37)33-26-12-5-3-6-13-26/h4,7-11,14-20,24,26H,3,5-6,12-13,21-22H2,1-2H3,(H,33,37)/t24-/m0/s1. The number of amides is 2. The molecule has 0 unspecified atom stereocenters. The van der Waals surface area contributed by atoms with Gasteiger partial charge < -0.3 is 10.2 Å². The monoisotopic (exact) mass is 581 g/mol. The molecule has 0 spiro atoms. The summed E-state index contributed by atoms with van der Waals surface area (Å²) in [6, 6.07) is 21.4. The summed E-state index contributed by atoms with van der Waals surface area (Å²) in [5, 5.41) is 3.57. The van der Waals surface area contributed by atoms with E-state index in [0.717, 1.165) is 42.0 Å². The van der Waals surface area contributed by atoms with Gasteiger partial charge in [0.15, 0.2) is 0 Å². The first kappa shape index (κ1) is 29.6. The number of aryl methyl sites for hydroxylation is 1. The predicted octanol–water partition coefficient (Wildman–Crippen LogP) is 5.71. The average molecular weight is 582 g/mol. The lowest BCUT2D eigenvalue weighted by Crippen LogP contribution is -2.53. The van der Waals surface area contributed by atoms with E-state index in [1.165, 1.54) is 17.0 Å². The van der Waals surface area contributed by atoms with Gasteiger partial charge in [-0.05, 0) is 62.6 Å². The number of hydrogen-bond donors (Lipinski definition) is 1. The minimum absolute atomic E-state index is 0.0604. The summed E-state index contributed by atoms with van der Waals surface area (Å²) in [7, 11) is -4.09. The van der Waals surface area contributed by atoms with Gasteiger partial charge in [0, 0.05) is 17.6 Å². The zero-order valence-corrected chi connectivity index (χ0v) is 24.5. The van der Waals surface area contributed by atoms with Crippen molar-refractivity contribution >= 4 is 39.1 Å². The van der Waals surface area contributed by atoms with Gasteiger partial charge in [-0.2, -0.15) is 0 Å². The fraction of sp³-hybridized carbons (Fsp3) is 0.355. The Kier molecular flexibility index (Phi) is 9.87. The van der Waals surface area contributed by atoms with Crippen LogP contribution in [0, 0.1) is 6.92 Å². The summed E-state index contributed by atoms with van der Waals surface area (Å²) in [6.45, 7) is 3.16. The fourth-order valence-corrected chi connectivity index (χ4v) is 6.55. The molecule has 0 saturated heterocycles. The molecule has 40 heavy (non-hydrogen) atoms. The van der Waals surface area contributed by atoms with Crippen molar-refractivity contribution in [3.63, 3.8) is 0 Å². The first-order chi connectivity index (χ1) is 19.2. The van der Waals surface area contributed by atoms with E-state index in [0.29, 0.717) is 16.3 Å². The van der Waals surface area contributed by atoms with Gasteiger partial charge in [0.1, 0.15) is 12.6 Å². The minimum atomic E-state index is -4.09. The average Bonchev–Trinajstić information content (AvgIpc) is 2.96. The van der Waals surface area contributed by atoms with Gasteiger partial charge in [-0.1, -0.05) is 85.0 Å². The van der Waals surface area contributed by atoms with Gasteiger partial charge in [-0.3, -0.25) is 13.9 Å². The molecule has 0 aromatic heterocycles. The fourth-order valence-electron chi connectivity index (χ4n) is 4.92. The molecule has 1 saturated carbocycles. The van der Waals surface area contributed by atoms with Crippen LogP contribution in [-0.2, 0) is 26.2 Å². The summed E-state index contributed by atoms with van der Waals surface area (Å²) in [5.74, 6) is -0.772. The highest BCUT2D eigenvalue weighted by molar-refractivity contribution is 7.92. The third-order valence-corrected chi connectivity index (χ3v) is 9.51. The van der Waals surface area contributed by atoms with Crippen LogP contribution >= 0.6 is 11.6 Å². The Balaban J connectivity index is 1.67. The number of hydrogen-bond acceptors (Lipinski definition) is 4. The smallest absolute Gasteiger partial charge is 0.264 e. The Morgan fingerprint density at radius 2 is 1.55 bits per heavy atom. The second kappa shape index (κ2) is 13.3. The number of rotatable bonds is 10. The van der Waals surface area contributed by atoms with Crippen molar-refractivity contribution in [3.8, 4) is 0 Å². The highest BCUT2D eigenvalue weighted by Gasteiger charge is 2.33. The van der Waals surface area contributed by atoms with Crippen molar-refractivity contribution in [2.24, 2.45) is 0 Å². The van der Waals surface area contributed by atoms with Gasteiger partial charge >= 0.3 is 0 Å². The van der Waals surface area contributed by atoms with Crippen LogP contribution in [0.1, 0.15) is 50.2 Å². The third kappa shape index (κ3) is 7.23. The van der Waals surface area contributed by atoms with E-state index in [1.807, 2.05) is 13.0 Å². The molecule has 1 aliphatic rings. The van der Waals surface area contributed by atoms with E-state index in [1.54, 1.807) is 67.6 Å². The van der Waals surface area contributed by atoms with Crippen LogP contribution < -0.4 is 9.62 Å². The lowest BCUT2D eigenvalue weighted by Gasteiger charge is -2.33. The molecular weight excluding hydrogens is 546 g/mol. The molecule has 9 heteroatoms. The molecule has 0 radical (unpaired) electrons. The van der Waals surface area contributed by atoms with E-state index in [-0.39, 0.29) is 23.4 Å². The lowest BCUT2D eigenvalue weighted by molar-refractivity contribution is -0.139. The third-order valence-electron chi connectivity index (χ3n) is 7.35. The predicted molar refractivity (Wildman–Crippen MR) is 159 cm³/mol. The maximum Gasteiger partial charge on any atom is 0.264 e.